The number of aliphatic hydroxyl groups is 1. The Hall–Kier alpha value is -1.01. The molecule has 0 saturated heterocycles. The molecule has 68 valence electrons. The summed E-state index contributed by atoms with van der Waals surface area (Å²) in [6, 6.07) is 0.135. The van der Waals surface area contributed by atoms with E-state index in [1.54, 1.807) is 4.68 Å². The van der Waals surface area contributed by atoms with Crippen molar-refractivity contribution in [3.05, 3.63) is 5.82 Å². The molecule has 0 amide bonds. The maximum atomic E-state index is 9.36. The van der Waals surface area contributed by atoms with Crippen molar-refractivity contribution in [1.82, 2.24) is 20.2 Å². The standard InChI is InChI=1S/C6H13N5O/c1-4(2)11-6(5(12)3-7)8-9-10-11/h4-5,12H,3,7H2,1-2H3. The molecule has 0 saturated carbocycles. The van der Waals surface area contributed by atoms with Crippen molar-refractivity contribution in [1.29, 1.82) is 0 Å². The lowest BCUT2D eigenvalue weighted by atomic mass is 10.3. The number of hydrogen-bond donors (Lipinski definition) is 2. The molecule has 0 spiro atoms. The first kappa shape index (κ1) is 9.08. The minimum absolute atomic E-state index is 0.132. The fourth-order valence-corrected chi connectivity index (χ4v) is 0.893. The van der Waals surface area contributed by atoms with E-state index in [0.29, 0.717) is 5.82 Å². The Labute approximate surface area is 70.4 Å². The highest BCUT2D eigenvalue weighted by Crippen LogP contribution is 2.10. The summed E-state index contributed by atoms with van der Waals surface area (Å²) in [4.78, 5) is 0. The van der Waals surface area contributed by atoms with Crippen LogP contribution in [0.4, 0.5) is 0 Å². The maximum Gasteiger partial charge on any atom is 0.181 e. The summed E-state index contributed by atoms with van der Waals surface area (Å²) in [6.45, 7) is 4.00. The molecule has 1 heterocycles. The van der Waals surface area contributed by atoms with Crippen LogP contribution in [0.25, 0.3) is 0 Å². The zero-order valence-corrected chi connectivity index (χ0v) is 7.18. The van der Waals surface area contributed by atoms with Gasteiger partial charge < -0.3 is 10.8 Å². The van der Waals surface area contributed by atoms with Gasteiger partial charge in [0.05, 0.1) is 6.04 Å². The van der Waals surface area contributed by atoms with E-state index in [0.717, 1.165) is 0 Å². The van der Waals surface area contributed by atoms with Crippen molar-refractivity contribution in [3.63, 3.8) is 0 Å². The smallest absolute Gasteiger partial charge is 0.181 e. The molecule has 0 bridgehead atoms. The van der Waals surface area contributed by atoms with Gasteiger partial charge in [-0.1, -0.05) is 0 Å². The number of aliphatic hydroxyl groups excluding tert-OH is 1. The van der Waals surface area contributed by atoms with Crippen molar-refractivity contribution in [3.8, 4) is 0 Å². The molecule has 0 aliphatic rings. The Kier molecular flexibility index (Phi) is 2.72. The largest absolute Gasteiger partial charge is 0.384 e. The lowest BCUT2D eigenvalue weighted by Crippen LogP contribution is -2.18. The van der Waals surface area contributed by atoms with Crippen molar-refractivity contribution in [2.75, 3.05) is 6.54 Å². The Morgan fingerprint density at radius 3 is 2.75 bits per heavy atom. The summed E-state index contributed by atoms with van der Waals surface area (Å²) >= 11 is 0. The second kappa shape index (κ2) is 3.59. The van der Waals surface area contributed by atoms with Gasteiger partial charge in [-0.25, -0.2) is 4.68 Å². The van der Waals surface area contributed by atoms with Crippen LogP contribution < -0.4 is 5.73 Å². The van der Waals surface area contributed by atoms with E-state index in [9.17, 15) is 5.11 Å². The summed E-state index contributed by atoms with van der Waals surface area (Å²) in [7, 11) is 0. The predicted octanol–water partition coefficient (Wildman–Crippen LogP) is -0.754. The average Bonchev–Trinajstić information content (AvgIpc) is 2.50. The highest BCUT2D eigenvalue weighted by atomic mass is 16.3. The molecule has 1 aromatic rings. The molecule has 1 aromatic heterocycles. The van der Waals surface area contributed by atoms with Gasteiger partial charge in [0.2, 0.25) is 0 Å². The van der Waals surface area contributed by atoms with Crippen LogP contribution in [0.15, 0.2) is 0 Å². The Morgan fingerprint density at radius 2 is 2.25 bits per heavy atom. The first-order chi connectivity index (χ1) is 5.66. The number of tetrazole rings is 1. The topological polar surface area (TPSA) is 89.8 Å². The van der Waals surface area contributed by atoms with Gasteiger partial charge in [0.25, 0.3) is 0 Å². The highest BCUT2D eigenvalue weighted by molar-refractivity contribution is 4.88. The summed E-state index contributed by atoms with van der Waals surface area (Å²) in [5.74, 6) is 0.424. The van der Waals surface area contributed by atoms with Crippen molar-refractivity contribution in [2.24, 2.45) is 5.73 Å². The van der Waals surface area contributed by atoms with Crippen molar-refractivity contribution in [2.45, 2.75) is 26.0 Å². The molecule has 1 unspecified atom stereocenters. The second-order valence-corrected chi connectivity index (χ2v) is 2.83. The van der Waals surface area contributed by atoms with Crippen molar-refractivity contribution < 1.29 is 5.11 Å². The van der Waals surface area contributed by atoms with Gasteiger partial charge in [-0.05, 0) is 24.3 Å². The molecule has 0 fully saturated rings. The fourth-order valence-electron chi connectivity index (χ4n) is 0.893. The van der Waals surface area contributed by atoms with E-state index in [-0.39, 0.29) is 12.6 Å². The summed E-state index contributed by atoms with van der Waals surface area (Å²) < 4.78 is 1.55. The van der Waals surface area contributed by atoms with Crippen LogP contribution in [-0.4, -0.2) is 31.9 Å². The van der Waals surface area contributed by atoms with E-state index in [1.165, 1.54) is 0 Å². The molecular formula is C6H13N5O. The summed E-state index contributed by atoms with van der Waals surface area (Å²) in [5.41, 5.74) is 5.27. The summed E-state index contributed by atoms with van der Waals surface area (Å²) in [5, 5.41) is 20.2. The third-order valence-corrected chi connectivity index (χ3v) is 1.53. The van der Waals surface area contributed by atoms with Gasteiger partial charge in [-0.2, -0.15) is 0 Å². The SMILES string of the molecule is CC(C)n1nnnc1C(O)CN. The van der Waals surface area contributed by atoms with Crippen LogP contribution in [0.1, 0.15) is 31.8 Å². The van der Waals surface area contributed by atoms with Gasteiger partial charge in [0, 0.05) is 6.54 Å². The Bertz CT molecular complexity index is 246. The van der Waals surface area contributed by atoms with Crippen LogP contribution in [0.5, 0.6) is 0 Å². The Morgan fingerprint density at radius 1 is 1.58 bits per heavy atom. The van der Waals surface area contributed by atoms with E-state index >= 15 is 0 Å². The van der Waals surface area contributed by atoms with E-state index in [1.807, 2.05) is 13.8 Å². The monoisotopic (exact) mass is 171 g/mol. The second-order valence-electron chi connectivity index (χ2n) is 2.83. The van der Waals surface area contributed by atoms with Gasteiger partial charge in [-0.3, -0.25) is 0 Å². The first-order valence-electron chi connectivity index (χ1n) is 3.82. The normalized spacial score (nSPS) is 13.8. The van der Waals surface area contributed by atoms with Crippen LogP contribution in [0, 0.1) is 0 Å². The minimum atomic E-state index is -0.776. The van der Waals surface area contributed by atoms with Crippen LogP contribution in [-0.2, 0) is 0 Å². The number of hydrogen-bond acceptors (Lipinski definition) is 5. The van der Waals surface area contributed by atoms with Crippen LogP contribution in [0.3, 0.4) is 0 Å². The molecule has 3 N–H and O–H groups in total. The third-order valence-electron chi connectivity index (χ3n) is 1.53. The predicted molar refractivity (Wildman–Crippen MR) is 42.2 cm³/mol. The zero-order chi connectivity index (χ0) is 9.14. The lowest BCUT2D eigenvalue weighted by molar-refractivity contribution is 0.167. The third kappa shape index (κ3) is 1.59. The number of nitrogens with two attached hydrogens (primary N) is 1. The molecule has 6 nitrogen and oxygen atoms in total. The fraction of sp³-hybridized carbons (Fsp3) is 0.833. The Balaban J connectivity index is 2.91. The molecule has 0 aromatic carbocycles. The van der Waals surface area contributed by atoms with Gasteiger partial charge in [0.1, 0.15) is 6.10 Å². The molecule has 0 aliphatic carbocycles. The zero-order valence-electron chi connectivity index (χ0n) is 7.18. The molecule has 6 heteroatoms. The quantitative estimate of drug-likeness (QED) is 0.624. The molecule has 1 atom stereocenters. The first-order valence-corrected chi connectivity index (χ1v) is 3.82. The number of rotatable bonds is 3. The maximum absolute atomic E-state index is 9.36. The van der Waals surface area contributed by atoms with Crippen LogP contribution in [0.2, 0.25) is 0 Å². The highest BCUT2D eigenvalue weighted by Gasteiger charge is 2.15. The van der Waals surface area contributed by atoms with Gasteiger partial charge in [0.15, 0.2) is 5.82 Å². The summed E-state index contributed by atoms with van der Waals surface area (Å²) in [6.07, 6.45) is -0.776. The van der Waals surface area contributed by atoms with E-state index in [4.69, 9.17) is 5.73 Å². The number of nitrogens with zero attached hydrogens (tertiary/aromatic N) is 4. The molecule has 1 rings (SSSR count). The number of aromatic nitrogens is 4. The average molecular weight is 171 g/mol. The van der Waals surface area contributed by atoms with E-state index < -0.39 is 6.10 Å². The van der Waals surface area contributed by atoms with Gasteiger partial charge in [-0.15, -0.1) is 5.10 Å². The van der Waals surface area contributed by atoms with Crippen LogP contribution >= 0.6 is 0 Å². The van der Waals surface area contributed by atoms with Gasteiger partial charge >= 0.3 is 0 Å². The molecule has 0 aliphatic heterocycles. The van der Waals surface area contributed by atoms with E-state index in [2.05, 4.69) is 15.5 Å². The molecule has 0 radical (unpaired) electrons. The molecular weight excluding hydrogens is 158 g/mol. The minimum Gasteiger partial charge on any atom is -0.384 e. The lowest BCUT2D eigenvalue weighted by Gasteiger charge is -2.10. The van der Waals surface area contributed by atoms with Crippen molar-refractivity contribution >= 4 is 0 Å². The molecule has 12 heavy (non-hydrogen) atoms.